The van der Waals surface area contributed by atoms with Gasteiger partial charge in [-0.25, -0.2) is 4.68 Å². The number of hydrogen-bond donors (Lipinski definition) is 0. The number of thiazole rings is 1. The molecule has 3 aromatic carbocycles. The molecule has 42 heavy (non-hydrogen) atoms. The summed E-state index contributed by atoms with van der Waals surface area (Å²) in [5.41, 5.74) is 4.19. The zero-order valence-corrected chi connectivity index (χ0v) is 24.8. The Labute approximate surface area is 251 Å². The van der Waals surface area contributed by atoms with Gasteiger partial charge in [0.05, 0.1) is 15.9 Å². The molecule has 0 N–H and O–H groups in total. The number of rotatable bonds is 11. The summed E-state index contributed by atoms with van der Waals surface area (Å²) >= 11 is 3.18. The lowest BCUT2D eigenvalue weighted by Crippen LogP contribution is -2.23. The lowest BCUT2D eigenvalue weighted by Gasteiger charge is -2.03. The van der Waals surface area contributed by atoms with Gasteiger partial charge in [-0.3, -0.25) is 4.79 Å². The largest absolute Gasteiger partial charge is 0.490 e. The molecule has 0 saturated heterocycles. The number of nitrogens with zero attached hydrogens (tertiary/aromatic N) is 5. The second-order valence-corrected chi connectivity index (χ2v) is 11.8. The number of hydrogen-bond acceptors (Lipinski definition) is 7. The fourth-order valence-corrected chi connectivity index (χ4v) is 6.32. The molecule has 3 aromatic heterocycles. The van der Waals surface area contributed by atoms with E-state index in [0.717, 1.165) is 39.6 Å². The number of thioether (sulfide) groups is 1. The second kappa shape index (κ2) is 12.6. The van der Waals surface area contributed by atoms with Gasteiger partial charge in [0.15, 0.2) is 5.82 Å². The fraction of sp³-hybridized carbons (Fsp3) is 0.152. The van der Waals surface area contributed by atoms with Gasteiger partial charge < -0.3 is 4.74 Å². The van der Waals surface area contributed by atoms with Crippen LogP contribution in [0.15, 0.2) is 107 Å². The van der Waals surface area contributed by atoms with Crippen molar-refractivity contribution in [1.82, 2.24) is 24.4 Å². The molecule has 0 aliphatic heterocycles. The molecule has 6 aromatic rings. The van der Waals surface area contributed by atoms with E-state index < -0.39 is 0 Å². The van der Waals surface area contributed by atoms with E-state index in [2.05, 4.69) is 47.9 Å². The quantitative estimate of drug-likeness (QED) is 0.0951. The molecule has 3 heterocycles. The van der Waals surface area contributed by atoms with Crippen LogP contribution in [-0.4, -0.2) is 36.7 Å². The second-order valence-electron chi connectivity index (χ2n) is 9.61. The minimum Gasteiger partial charge on any atom is -0.490 e. The summed E-state index contributed by atoms with van der Waals surface area (Å²) in [5, 5.41) is 9.44. The summed E-state index contributed by atoms with van der Waals surface area (Å²) < 4.78 is 9.33. The van der Waals surface area contributed by atoms with Crippen LogP contribution in [0.5, 0.6) is 5.75 Å². The van der Waals surface area contributed by atoms with Crippen molar-refractivity contribution in [3.63, 3.8) is 0 Å². The number of aromatic nitrogens is 5. The van der Waals surface area contributed by atoms with Crippen molar-refractivity contribution in [2.24, 2.45) is 0 Å². The summed E-state index contributed by atoms with van der Waals surface area (Å²) in [6.45, 7) is 6.31. The van der Waals surface area contributed by atoms with Gasteiger partial charge >= 0.3 is 0 Å². The maximum atomic E-state index is 13.4. The summed E-state index contributed by atoms with van der Waals surface area (Å²) in [6, 6.07) is 25.9. The SMILES string of the molecule is C=CCOc1ccc(-c2nc3s/c(=C\c4cn(-c5ccccc5)nc4-c4ccc(SCCCC)cc4)c(=O)n3n2)cc1. The van der Waals surface area contributed by atoms with E-state index in [4.69, 9.17) is 9.84 Å². The lowest BCUT2D eigenvalue weighted by atomic mass is 10.1. The summed E-state index contributed by atoms with van der Waals surface area (Å²) in [5.74, 6) is 2.34. The van der Waals surface area contributed by atoms with Crippen LogP contribution >= 0.6 is 23.1 Å². The van der Waals surface area contributed by atoms with E-state index in [1.54, 1.807) is 6.08 Å². The maximum absolute atomic E-state index is 13.4. The number of fused-ring (bicyclic) bond motifs is 1. The first kappa shape index (κ1) is 27.7. The van der Waals surface area contributed by atoms with Gasteiger partial charge in [-0.15, -0.1) is 16.9 Å². The van der Waals surface area contributed by atoms with Crippen molar-refractivity contribution < 1.29 is 4.74 Å². The van der Waals surface area contributed by atoms with E-state index in [0.29, 0.717) is 21.9 Å². The highest BCUT2D eigenvalue weighted by Gasteiger charge is 2.15. The Morgan fingerprint density at radius 3 is 2.45 bits per heavy atom. The molecule has 0 aliphatic carbocycles. The Kier molecular flexibility index (Phi) is 8.30. The molecule has 0 amide bonds. The van der Waals surface area contributed by atoms with Crippen LogP contribution in [0.2, 0.25) is 0 Å². The smallest absolute Gasteiger partial charge is 0.291 e. The Bertz CT molecular complexity index is 1930. The number of unbranched alkanes of at least 4 members (excludes halogenated alkanes) is 1. The van der Waals surface area contributed by atoms with Gasteiger partial charge in [0.25, 0.3) is 5.56 Å². The maximum Gasteiger partial charge on any atom is 0.291 e. The van der Waals surface area contributed by atoms with Gasteiger partial charge in [-0.2, -0.15) is 14.6 Å². The molecule has 0 radical (unpaired) electrons. The molecule has 0 saturated carbocycles. The molecule has 0 bridgehead atoms. The van der Waals surface area contributed by atoms with E-state index in [1.807, 2.05) is 83.3 Å². The predicted molar refractivity (Wildman–Crippen MR) is 172 cm³/mol. The van der Waals surface area contributed by atoms with Crippen molar-refractivity contribution in [2.75, 3.05) is 12.4 Å². The summed E-state index contributed by atoms with van der Waals surface area (Å²) in [7, 11) is 0. The summed E-state index contributed by atoms with van der Waals surface area (Å²) in [6.07, 6.45) is 7.93. The normalized spacial score (nSPS) is 11.8. The van der Waals surface area contributed by atoms with Crippen LogP contribution in [0.4, 0.5) is 0 Å². The highest BCUT2D eigenvalue weighted by atomic mass is 32.2. The molecule has 210 valence electrons. The predicted octanol–water partition coefficient (Wildman–Crippen LogP) is 6.68. The highest BCUT2D eigenvalue weighted by Crippen LogP contribution is 2.28. The molecule has 0 unspecified atom stereocenters. The molecular formula is C33H29N5O2S2. The first-order valence-corrected chi connectivity index (χ1v) is 15.6. The highest BCUT2D eigenvalue weighted by molar-refractivity contribution is 7.99. The van der Waals surface area contributed by atoms with Gasteiger partial charge in [-0.1, -0.05) is 67.7 Å². The van der Waals surface area contributed by atoms with Crippen LogP contribution in [0.25, 0.3) is 39.4 Å². The zero-order valence-electron chi connectivity index (χ0n) is 23.1. The third-order valence-corrected chi connectivity index (χ3v) is 8.66. The van der Waals surface area contributed by atoms with Gasteiger partial charge in [-0.05, 0) is 66.8 Å². The molecule has 0 spiro atoms. The number of para-hydroxylation sites is 1. The van der Waals surface area contributed by atoms with Crippen LogP contribution in [-0.2, 0) is 0 Å². The molecule has 9 heteroatoms. The number of benzene rings is 3. The van der Waals surface area contributed by atoms with Gasteiger partial charge in [0.1, 0.15) is 12.4 Å². The van der Waals surface area contributed by atoms with E-state index in [9.17, 15) is 4.79 Å². The first-order chi connectivity index (χ1) is 20.6. The topological polar surface area (TPSA) is 74.3 Å². The monoisotopic (exact) mass is 591 g/mol. The summed E-state index contributed by atoms with van der Waals surface area (Å²) in [4.78, 5) is 19.8. The van der Waals surface area contributed by atoms with Crippen LogP contribution < -0.4 is 14.8 Å². The Balaban J connectivity index is 1.36. The van der Waals surface area contributed by atoms with Crippen molar-refractivity contribution in [2.45, 2.75) is 24.7 Å². The molecule has 7 nitrogen and oxygen atoms in total. The minimum atomic E-state index is -0.208. The minimum absolute atomic E-state index is 0.208. The van der Waals surface area contributed by atoms with Crippen LogP contribution in [0.1, 0.15) is 25.3 Å². The first-order valence-electron chi connectivity index (χ1n) is 13.8. The Morgan fingerprint density at radius 1 is 0.976 bits per heavy atom. The third-order valence-electron chi connectivity index (χ3n) is 6.61. The van der Waals surface area contributed by atoms with Crippen LogP contribution in [0.3, 0.4) is 0 Å². The molecule has 0 aliphatic rings. The standard InChI is InChI=1S/C33H29N5O2S2/c1-3-5-20-41-28-17-13-23(14-18-28)30-25(22-37(35-30)26-9-7-6-8-10-26)21-29-32(39)38-33(42-29)34-31(36-38)24-11-15-27(16-12-24)40-19-4-2/h4,6-18,21-22H,2-3,5,19-20H2,1H3/b29-21-. The molecule has 0 fully saturated rings. The van der Waals surface area contributed by atoms with Crippen molar-refractivity contribution >= 4 is 34.1 Å². The van der Waals surface area contributed by atoms with Crippen molar-refractivity contribution in [1.29, 1.82) is 0 Å². The van der Waals surface area contributed by atoms with Crippen LogP contribution in [0, 0.1) is 0 Å². The van der Waals surface area contributed by atoms with E-state index >= 15 is 0 Å². The van der Waals surface area contributed by atoms with E-state index in [1.165, 1.54) is 33.6 Å². The van der Waals surface area contributed by atoms with Crippen molar-refractivity contribution in [3.05, 3.63) is 118 Å². The third kappa shape index (κ3) is 5.93. The fourth-order valence-electron chi connectivity index (χ4n) is 4.43. The Morgan fingerprint density at radius 2 is 1.74 bits per heavy atom. The van der Waals surface area contributed by atoms with E-state index in [-0.39, 0.29) is 5.56 Å². The van der Waals surface area contributed by atoms with Crippen molar-refractivity contribution in [3.8, 4) is 34.1 Å². The molecule has 0 atom stereocenters. The lowest BCUT2D eigenvalue weighted by molar-refractivity contribution is 0.363. The average molecular weight is 592 g/mol. The average Bonchev–Trinajstić information content (AvgIpc) is 3.72. The molecule has 6 rings (SSSR count). The Hall–Kier alpha value is -4.47. The zero-order chi connectivity index (χ0) is 28.9. The van der Waals surface area contributed by atoms with Gasteiger partial charge in [0, 0.05) is 27.8 Å². The molecular weight excluding hydrogens is 563 g/mol. The van der Waals surface area contributed by atoms with Gasteiger partial charge in [0.2, 0.25) is 4.96 Å². The number of ether oxygens (including phenoxy) is 1.